The summed E-state index contributed by atoms with van der Waals surface area (Å²) in [5.74, 6) is 0.901. The van der Waals surface area contributed by atoms with Crippen molar-refractivity contribution in [1.29, 1.82) is 0 Å². The zero-order valence-corrected chi connectivity index (χ0v) is 10.9. The van der Waals surface area contributed by atoms with Gasteiger partial charge in [-0.15, -0.1) is 0 Å². The van der Waals surface area contributed by atoms with Gasteiger partial charge in [0.1, 0.15) is 11.5 Å². The quantitative estimate of drug-likeness (QED) is 0.836. The Morgan fingerprint density at radius 2 is 1.89 bits per heavy atom. The highest BCUT2D eigenvalue weighted by atomic mass is 16.5. The van der Waals surface area contributed by atoms with Gasteiger partial charge in [0.25, 0.3) is 0 Å². The van der Waals surface area contributed by atoms with Gasteiger partial charge in [-0.1, -0.05) is 30.3 Å². The zero-order valence-electron chi connectivity index (χ0n) is 10.9. The highest BCUT2D eigenvalue weighted by Crippen LogP contribution is 2.18. The Hall–Kier alpha value is -2.29. The lowest BCUT2D eigenvalue weighted by molar-refractivity contribution is -0.117. The first-order chi connectivity index (χ1) is 9.19. The van der Waals surface area contributed by atoms with E-state index in [1.54, 1.807) is 7.11 Å². The molecule has 0 heterocycles. The van der Waals surface area contributed by atoms with E-state index in [1.807, 2.05) is 48.5 Å². The van der Waals surface area contributed by atoms with Crippen LogP contribution in [0.3, 0.4) is 0 Å². The lowest BCUT2D eigenvalue weighted by Gasteiger charge is -2.07. The number of Topliss-reactive ketones (excluding diaryl/α,β-unsaturated/α-hetero) is 1. The van der Waals surface area contributed by atoms with Gasteiger partial charge in [-0.2, -0.15) is 0 Å². The van der Waals surface area contributed by atoms with E-state index in [1.165, 1.54) is 0 Å². The van der Waals surface area contributed by atoms with E-state index < -0.39 is 0 Å². The Morgan fingerprint density at radius 3 is 2.63 bits per heavy atom. The number of nitrogen functional groups attached to an aromatic ring is 1. The molecule has 2 N–H and O–H groups in total. The Balaban J connectivity index is 2.05. The van der Waals surface area contributed by atoms with Crippen molar-refractivity contribution in [3.8, 4) is 5.75 Å². The zero-order chi connectivity index (χ0) is 13.7. The predicted molar refractivity (Wildman–Crippen MR) is 76.3 cm³/mol. The van der Waals surface area contributed by atoms with Crippen LogP contribution in [0.1, 0.15) is 11.1 Å². The molecule has 3 nitrogen and oxygen atoms in total. The molecule has 0 aliphatic carbocycles. The van der Waals surface area contributed by atoms with Crippen LogP contribution in [0.2, 0.25) is 0 Å². The highest BCUT2D eigenvalue weighted by Gasteiger charge is 2.09. The maximum absolute atomic E-state index is 12.1. The normalized spacial score (nSPS) is 10.2. The number of carbonyl (C=O) groups is 1. The van der Waals surface area contributed by atoms with Gasteiger partial charge < -0.3 is 10.5 Å². The number of carbonyl (C=O) groups excluding carboxylic acids is 1. The van der Waals surface area contributed by atoms with Crippen molar-refractivity contribution in [3.05, 3.63) is 59.7 Å². The third-order valence-electron chi connectivity index (χ3n) is 2.93. The molecule has 0 amide bonds. The molecule has 0 saturated carbocycles. The summed E-state index contributed by atoms with van der Waals surface area (Å²) in [6.07, 6.45) is 0.766. The summed E-state index contributed by atoms with van der Waals surface area (Å²) in [5.41, 5.74) is 8.24. The van der Waals surface area contributed by atoms with Crippen LogP contribution in [-0.2, 0) is 17.6 Å². The van der Waals surface area contributed by atoms with Crippen molar-refractivity contribution in [2.24, 2.45) is 0 Å². The minimum absolute atomic E-state index is 0.148. The molecule has 0 aliphatic heterocycles. The van der Waals surface area contributed by atoms with Gasteiger partial charge in [-0.25, -0.2) is 0 Å². The monoisotopic (exact) mass is 255 g/mol. The first kappa shape index (κ1) is 13.1. The minimum Gasteiger partial charge on any atom is -0.496 e. The van der Waals surface area contributed by atoms with Crippen molar-refractivity contribution in [1.82, 2.24) is 0 Å². The summed E-state index contributed by atoms with van der Waals surface area (Å²) in [4.78, 5) is 12.1. The first-order valence-electron chi connectivity index (χ1n) is 6.17. The van der Waals surface area contributed by atoms with Crippen molar-refractivity contribution in [2.75, 3.05) is 12.8 Å². The van der Waals surface area contributed by atoms with Gasteiger partial charge in [-0.3, -0.25) is 4.79 Å². The summed E-state index contributed by atoms with van der Waals surface area (Å²) in [7, 11) is 1.61. The van der Waals surface area contributed by atoms with Crippen LogP contribution in [0.5, 0.6) is 5.75 Å². The molecule has 0 radical (unpaired) electrons. The van der Waals surface area contributed by atoms with Crippen LogP contribution in [0.15, 0.2) is 48.5 Å². The van der Waals surface area contributed by atoms with Crippen LogP contribution in [0.25, 0.3) is 0 Å². The van der Waals surface area contributed by atoms with E-state index in [0.717, 1.165) is 16.9 Å². The van der Waals surface area contributed by atoms with Crippen LogP contribution in [-0.4, -0.2) is 12.9 Å². The molecule has 3 heteroatoms. The van der Waals surface area contributed by atoms with E-state index in [0.29, 0.717) is 18.5 Å². The van der Waals surface area contributed by atoms with Gasteiger partial charge in [0, 0.05) is 24.1 Å². The van der Waals surface area contributed by atoms with E-state index in [4.69, 9.17) is 10.5 Å². The van der Waals surface area contributed by atoms with E-state index in [9.17, 15) is 4.79 Å². The Bertz CT molecular complexity index is 578. The van der Waals surface area contributed by atoms with E-state index in [2.05, 4.69) is 0 Å². The molecule has 0 bridgehead atoms. The number of rotatable bonds is 5. The summed E-state index contributed by atoms with van der Waals surface area (Å²) >= 11 is 0. The number of ketones is 1. The molecular weight excluding hydrogens is 238 g/mol. The van der Waals surface area contributed by atoms with Crippen LogP contribution >= 0.6 is 0 Å². The molecule has 0 spiro atoms. The number of nitrogens with two attached hydrogens (primary N) is 1. The molecule has 0 aliphatic rings. The number of benzene rings is 2. The smallest absolute Gasteiger partial charge is 0.141 e. The topological polar surface area (TPSA) is 52.3 Å². The van der Waals surface area contributed by atoms with E-state index >= 15 is 0 Å². The Labute approximate surface area is 113 Å². The van der Waals surface area contributed by atoms with Crippen LogP contribution < -0.4 is 10.5 Å². The number of ether oxygens (including phenoxy) is 1. The number of hydrogen-bond acceptors (Lipinski definition) is 3. The fraction of sp³-hybridized carbons (Fsp3) is 0.188. The second-order valence-corrected chi connectivity index (χ2v) is 4.45. The van der Waals surface area contributed by atoms with Crippen molar-refractivity contribution in [2.45, 2.75) is 12.8 Å². The fourth-order valence-corrected chi connectivity index (χ4v) is 2.05. The fourth-order valence-electron chi connectivity index (χ4n) is 2.05. The Kier molecular flexibility index (Phi) is 4.18. The summed E-state index contributed by atoms with van der Waals surface area (Å²) < 4.78 is 5.24. The molecule has 0 fully saturated rings. The maximum Gasteiger partial charge on any atom is 0.141 e. The van der Waals surface area contributed by atoms with E-state index in [-0.39, 0.29) is 5.78 Å². The largest absolute Gasteiger partial charge is 0.496 e. The summed E-state index contributed by atoms with van der Waals surface area (Å²) in [5, 5.41) is 0. The molecule has 2 rings (SSSR count). The standard InChI is InChI=1S/C16H17NO2/c1-19-16-8-3-2-6-13(16)11-15(18)10-12-5-4-7-14(17)9-12/h2-9H,10-11,17H2,1H3. The summed E-state index contributed by atoms with van der Waals surface area (Å²) in [6, 6.07) is 15.0. The molecule has 0 unspecified atom stereocenters. The SMILES string of the molecule is COc1ccccc1CC(=O)Cc1cccc(N)c1. The summed E-state index contributed by atoms with van der Waals surface area (Å²) in [6.45, 7) is 0. The second-order valence-electron chi connectivity index (χ2n) is 4.45. The molecule has 2 aromatic carbocycles. The molecule has 0 saturated heterocycles. The van der Waals surface area contributed by atoms with Gasteiger partial charge in [0.15, 0.2) is 0 Å². The molecule has 2 aromatic rings. The minimum atomic E-state index is 0.148. The lowest BCUT2D eigenvalue weighted by atomic mass is 10.0. The molecule has 0 aromatic heterocycles. The van der Waals surface area contributed by atoms with Crippen molar-refractivity contribution < 1.29 is 9.53 Å². The van der Waals surface area contributed by atoms with Crippen LogP contribution in [0.4, 0.5) is 5.69 Å². The van der Waals surface area contributed by atoms with Gasteiger partial charge in [0.05, 0.1) is 7.11 Å². The van der Waals surface area contributed by atoms with Crippen LogP contribution in [0, 0.1) is 0 Å². The number of methoxy groups -OCH3 is 1. The third-order valence-corrected chi connectivity index (χ3v) is 2.93. The average molecular weight is 255 g/mol. The lowest BCUT2D eigenvalue weighted by Crippen LogP contribution is -2.07. The number of anilines is 1. The predicted octanol–water partition coefficient (Wildman–Crippen LogP) is 2.63. The second kappa shape index (κ2) is 6.05. The number of hydrogen-bond donors (Lipinski definition) is 1. The number of para-hydroxylation sites is 1. The van der Waals surface area contributed by atoms with Gasteiger partial charge >= 0.3 is 0 Å². The van der Waals surface area contributed by atoms with Crippen molar-refractivity contribution in [3.63, 3.8) is 0 Å². The molecule has 19 heavy (non-hydrogen) atoms. The third kappa shape index (κ3) is 3.58. The highest BCUT2D eigenvalue weighted by molar-refractivity contribution is 5.83. The van der Waals surface area contributed by atoms with Crippen molar-refractivity contribution >= 4 is 11.5 Å². The van der Waals surface area contributed by atoms with Gasteiger partial charge in [-0.05, 0) is 23.8 Å². The molecule has 98 valence electrons. The molecule has 0 atom stereocenters. The molecular formula is C16H17NO2. The average Bonchev–Trinajstić information content (AvgIpc) is 2.39. The Morgan fingerprint density at radius 1 is 1.11 bits per heavy atom. The first-order valence-corrected chi connectivity index (χ1v) is 6.17. The maximum atomic E-state index is 12.1. The van der Waals surface area contributed by atoms with Gasteiger partial charge in [0.2, 0.25) is 0 Å².